The Kier molecular flexibility index (Phi) is 3.59. The fraction of sp³-hybridized carbons (Fsp3) is 0.524. The van der Waals surface area contributed by atoms with Crippen LogP contribution in [0, 0.1) is 5.92 Å². The summed E-state index contributed by atoms with van der Waals surface area (Å²) >= 11 is 0. The predicted molar refractivity (Wildman–Crippen MR) is 101 cm³/mol. The van der Waals surface area contributed by atoms with Crippen molar-refractivity contribution in [1.29, 1.82) is 0 Å². The molecule has 5 nitrogen and oxygen atoms in total. The zero-order chi connectivity index (χ0) is 17.9. The van der Waals surface area contributed by atoms with E-state index >= 15 is 0 Å². The number of anilines is 1. The molecule has 5 saturated heterocycles. The van der Waals surface area contributed by atoms with Gasteiger partial charge in [-0.1, -0.05) is 6.92 Å². The molecule has 0 saturated carbocycles. The van der Waals surface area contributed by atoms with Crippen LogP contribution in [0.2, 0.25) is 0 Å². The number of nitrogens with zero attached hydrogens (tertiary/aromatic N) is 2. The van der Waals surface area contributed by atoms with Gasteiger partial charge < -0.3 is 10.1 Å². The van der Waals surface area contributed by atoms with Gasteiger partial charge in [0.1, 0.15) is 0 Å². The number of hydrogen-bond donors (Lipinski definition) is 1. The summed E-state index contributed by atoms with van der Waals surface area (Å²) in [5, 5.41) is 3.97. The summed E-state index contributed by atoms with van der Waals surface area (Å²) in [5.74, 6) is 0.637. The smallest absolute Gasteiger partial charge is 0.221 e. The van der Waals surface area contributed by atoms with Crippen LogP contribution < -0.4 is 5.32 Å². The number of ether oxygens (including phenoxy) is 1. The second-order valence-corrected chi connectivity index (χ2v) is 8.03. The quantitative estimate of drug-likeness (QED) is 0.919. The normalized spacial score (nSPS) is 35.0. The number of benzene rings is 1. The number of hydrogen-bond acceptors (Lipinski definition) is 4. The Morgan fingerprint density at radius 2 is 2.31 bits per heavy atom. The van der Waals surface area contributed by atoms with E-state index in [1.807, 2.05) is 24.4 Å². The van der Waals surface area contributed by atoms with E-state index in [0.29, 0.717) is 12.0 Å². The number of rotatable bonds is 3. The fourth-order valence-corrected chi connectivity index (χ4v) is 5.42. The van der Waals surface area contributed by atoms with Crippen molar-refractivity contribution in [2.75, 3.05) is 18.4 Å². The average Bonchev–Trinajstić information content (AvgIpc) is 2.67. The zero-order valence-corrected chi connectivity index (χ0v) is 15.4. The maximum atomic E-state index is 11.4. The van der Waals surface area contributed by atoms with Crippen LogP contribution in [0.4, 0.5) is 5.69 Å². The van der Waals surface area contributed by atoms with E-state index in [1.54, 1.807) is 0 Å². The SMILES string of the molecule is CC[C@]12CN3CCC1CC3[C@H](c1ccnc3ccc(NC(C)=O)cc13)O2. The maximum Gasteiger partial charge on any atom is 0.221 e. The molecular weight excluding hydrogens is 326 g/mol. The number of fused-ring (bicyclic) bond motifs is 3. The molecule has 0 spiro atoms. The van der Waals surface area contributed by atoms with Crippen LogP contribution in [-0.2, 0) is 9.53 Å². The number of piperidine rings is 3. The van der Waals surface area contributed by atoms with E-state index in [1.165, 1.54) is 31.9 Å². The molecule has 5 fully saturated rings. The van der Waals surface area contributed by atoms with Crippen molar-refractivity contribution >= 4 is 22.5 Å². The van der Waals surface area contributed by atoms with Gasteiger partial charge in [0.2, 0.25) is 5.91 Å². The van der Waals surface area contributed by atoms with Crippen molar-refractivity contribution in [3.05, 3.63) is 36.0 Å². The number of carbonyl (C=O) groups excluding carboxylic acids is 1. The molecule has 3 unspecified atom stereocenters. The van der Waals surface area contributed by atoms with Gasteiger partial charge in [-0.15, -0.1) is 0 Å². The summed E-state index contributed by atoms with van der Waals surface area (Å²) in [6.07, 6.45) is 5.53. The Morgan fingerprint density at radius 1 is 1.42 bits per heavy atom. The predicted octanol–water partition coefficient (Wildman–Crippen LogP) is 3.51. The number of pyridine rings is 1. The van der Waals surface area contributed by atoms with Gasteiger partial charge in [-0.05, 0) is 61.6 Å². The summed E-state index contributed by atoms with van der Waals surface area (Å²) in [6.45, 7) is 6.07. The van der Waals surface area contributed by atoms with Gasteiger partial charge in [0.15, 0.2) is 0 Å². The molecule has 1 amide bonds. The van der Waals surface area contributed by atoms with Crippen LogP contribution in [0.1, 0.15) is 44.8 Å². The van der Waals surface area contributed by atoms with Gasteiger partial charge in [-0.3, -0.25) is 14.7 Å². The minimum Gasteiger partial charge on any atom is -0.364 e. The number of morpholine rings is 1. The summed E-state index contributed by atoms with van der Waals surface area (Å²) in [7, 11) is 0. The molecule has 2 aromatic rings. The van der Waals surface area contributed by atoms with Crippen molar-refractivity contribution in [2.24, 2.45) is 5.92 Å². The van der Waals surface area contributed by atoms with Crippen LogP contribution in [0.15, 0.2) is 30.5 Å². The highest BCUT2D eigenvalue weighted by Gasteiger charge is 2.58. The highest BCUT2D eigenvalue weighted by atomic mass is 16.5. The molecule has 0 aliphatic carbocycles. The van der Waals surface area contributed by atoms with Crippen molar-refractivity contribution in [3.63, 3.8) is 0 Å². The molecule has 0 radical (unpaired) electrons. The standard InChI is InChI=1S/C21H25N3O2/c1-3-21-12-24-9-7-14(21)10-19(24)20(26-21)16-6-8-22-18-5-4-15(11-17(16)18)23-13(2)25/h4-6,8,11,14,19-20H,3,7,9-10,12H2,1-2H3,(H,23,25)/t14?,19?,20-,21-/m0/s1. The lowest BCUT2D eigenvalue weighted by molar-refractivity contribution is -0.274. The fourth-order valence-electron chi connectivity index (χ4n) is 5.42. The van der Waals surface area contributed by atoms with Crippen molar-refractivity contribution in [1.82, 2.24) is 9.88 Å². The summed E-state index contributed by atoms with van der Waals surface area (Å²) < 4.78 is 6.81. The second kappa shape index (κ2) is 5.76. The molecule has 6 heterocycles. The molecule has 5 heteroatoms. The molecule has 5 atom stereocenters. The molecular formula is C21H25N3O2. The first-order valence-electron chi connectivity index (χ1n) is 9.68. The Labute approximate surface area is 153 Å². The number of carbonyl (C=O) groups is 1. The number of nitrogens with one attached hydrogen (secondary N) is 1. The van der Waals surface area contributed by atoms with Crippen molar-refractivity contribution < 1.29 is 9.53 Å². The third-order valence-corrected chi connectivity index (χ3v) is 6.69. The number of amides is 1. The molecule has 136 valence electrons. The largest absolute Gasteiger partial charge is 0.364 e. The minimum atomic E-state index is -0.0591. The minimum absolute atomic E-state index is 0.00248. The zero-order valence-electron chi connectivity index (χ0n) is 15.4. The van der Waals surface area contributed by atoms with Crippen molar-refractivity contribution in [2.45, 2.75) is 50.9 Å². The van der Waals surface area contributed by atoms with Gasteiger partial charge in [-0.2, -0.15) is 0 Å². The highest BCUT2D eigenvalue weighted by Crippen LogP contribution is 2.54. The second-order valence-electron chi connectivity index (χ2n) is 8.03. The first-order valence-corrected chi connectivity index (χ1v) is 9.68. The Bertz CT molecular complexity index is 883. The van der Waals surface area contributed by atoms with Crippen LogP contribution in [0.25, 0.3) is 10.9 Å². The average molecular weight is 351 g/mol. The lowest BCUT2D eigenvalue weighted by atomic mass is 9.66. The molecule has 5 aliphatic rings. The van der Waals surface area contributed by atoms with E-state index in [0.717, 1.165) is 29.6 Å². The van der Waals surface area contributed by atoms with E-state index in [4.69, 9.17) is 4.74 Å². The van der Waals surface area contributed by atoms with Crippen LogP contribution in [-0.4, -0.2) is 40.5 Å². The first kappa shape index (κ1) is 16.2. The summed E-state index contributed by atoms with van der Waals surface area (Å²) in [5.41, 5.74) is 2.97. The molecule has 1 aromatic heterocycles. The monoisotopic (exact) mass is 351 g/mol. The third-order valence-electron chi connectivity index (χ3n) is 6.69. The molecule has 1 N–H and O–H groups in total. The van der Waals surface area contributed by atoms with Gasteiger partial charge in [0.05, 0.1) is 17.2 Å². The van der Waals surface area contributed by atoms with Crippen LogP contribution in [0.5, 0.6) is 0 Å². The molecule has 4 bridgehead atoms. The maximum absolute atomic E-state index is 11.4. The van der Waals surface area contributed by atoms with E-state index in [9.17, 15) is 4.79 Å². The topological polar surface area (TPSA) is 54.5 Å². The van der Waals surface area contributed by atoms with Crippen molar-refractivity contribution in [3.8, 4) is 0 Å². The van der Waals surface area contributed by atoms with Gasteiger partial charge >= 0.3 is 0 Å². The lowest BCUT2D eigenvalue weighted by Gasteiger charge is -2.64. The van der Waals surface area contributed by atoms with Gasteiger partial charge in [-0.25, -0.2) is 0 Å². The lowest BCUT2D eigenvalue weighted by Crippen LogP contribution is -2.70. The molecule has 7 rings (SSSR count). The Morgan fingerprint density at radius 3 is 3.04 bits per heavy atom. The highest BCUT2D eigenvalue weighted by molar-refractivity contribution is 5.93. The Hall–Kier alpha value is -1.98. The molecule has 5 aliphatic heterocycles. The van der Waals surface area contributed by atoms with E-state index in [-0.39, 0.29) is 17.6 Å². The Balaban J connectivity index is 1.59. The summed E-state index contributed by atoms with van der Waals surface area (Å²) in [6, 6.07) is 8.48. The molecule has 26 heavy (non-hydrogen) atoms. The summed E-state index contributed by atoms with van der Waals surface area (Å²) in [4.78, 5) is 18.6. The van der Waals surface area contributed by atoms with E-state index < -0.39 is 0 Å². The third kappa shape index (κ3) is 2.30. The van der Waals surface area contributed by atoms with Gasteiger partial charge in [0, 0.05) is 36.8 Å². The van der Waals surface area contributed by atoms with Gasteiger partial charge in [0.25, 0.3) is 0 Å². The van der Waals surface area contributed by atoms with E-state index in [2.05, 4.69) is 28.2 Å². The first-order chi connectivity index (χ1) is 12.6. The van der Waals surface area contributed by atoms with Crippen LogP contribution >= 0.6 is 0 Å². The number of aromatic nitrogens is 1. The molecule has 1 aromatic carbocycles. The van der Waals surface area contributed by atoms with Crippen LogP contribution in [0.3, 0.4) is 0 Å².